The first-order valence-electron chi connectivity index (χ1n) is 9.64. The molecule has 0 spiro atoms. The second-order valence-corrected chi connectivity index (χ2v) is 11.2. The third kappa shape index (κ3) is 6.20. The molecule has 0 aliphatic carbocycles. The molecular weight excluding hydrogens is 426 g/mol. The Morgan fingerprint density at radius 1 is 0.967 bits per heavy atom. The third-order valence-corrected chi connectivity index (χ3v) is 7.35. The fourth-order valence-corrected chi connectivity index (χ4v) is 4.91. The molecule has 0 aromatic heterocycles. The fraction of sp³-hybridized carbons (Fsp3) is 0.429. The summed E-state index contributed by atoms with van der Waals surface area (Å²) in [5.41, 5.74) is 1.56. The van der Waals surface area contributed by atoms with Gasteiger partial charge in [0.2, 0.25) is 10.0 Å². The van der Waals surface area contributed by atoms with E-state index in [4.69, 9.17) is 8.92 Å². The molecule has 0 atom stereocenters. The highest BCUT2D eigenvalue weighted by atomic mass is 32.2. The minimum atomic E-state index is -3.76. The minimum absolute atomic E-state index is 0.0362. The van der Waals surface area contributed by atoms with E-state index in [1.165, 1.54) is 24.4 Å². The van der Waals surface area contributed by atoms with E-state index in [0.717, 1.165) is 5.56 Å². The maximum Gasteiger partial charge on any atom is 0.309 e. The smallest absolute Gasteiger partial charge is 0.309 e. The van der Waals surface area contributed by atoms with Crippen molar-refractivity contribution in [2.75, 3.05) is 19.4 Å². The molecule has 9 heteroatoms. The van der Waals surface area contributed by atoms with Crippen LogP contribution in [-0.4, -0.2) is 40.5 Å². The van der Waals surface area contributed by atoms with Gasteiger partial charge in [0.25, 0.3) is 0 Å². The molecule has 30 heavy (non-hydrogen) atoms. The summed E-state index contributed by atoms with van der Waals surface area (Å²) < 4.78 is 62.0. The standard InChI is InChI=1S/C21H29NO6S2/c1-6-29(23,24)28-21-13-18(9-12-20(21)27-5)15-22(14-16(2)3)30(25,26)19-10-7-17(4)8-11-19/h7-13,16H,6,14-15H2,1-5H3. The Bertz CT molecular complexity index is 1060. The molecule has 0 unspecified atom stereocenters. The van der Waals surface area contributed by atoms with E-state index in [0.29, 0.717) is 12.1 Å². The van der Waals surface area contributed by atoms with Crippen LogP contribution in [0.5, 0.6) is 11.5 Å². The Labute approximate surface area is 179 Å². The summed E-state index contributed by atoms with van der Waals surface area (Å²) >= 11 is 0. The van der Waals surface area contributed by atoms with Crippen molar-refractivity contribution in [2.24, 2.45) is 5.92 Å². The van der Waals surface area contributed by atoms with Crippen LogP contribution in [0.15, 0.2) is 47.4 Å². The van der Waals surface area contributed by atoms with Crippen LogP contribution in [0.25, 0.3) is 0 Å². The van der Waals surface area contributed by atoms with Gasteiger partial charge in [-0.15, -0.1) is 0 Å². The SMILES string of the molecule is CCS(=O)(=O)Oc1cc(CN(CC(C)C)S(=O)(=O)c2ccc(C)cc2)ccc1OC. The molecule has 166 valence electrons. The Morgan fingerprint density at radius 2 is 1.60 bits per heavy atom. The number of methoxy groups -OCH3 is 1. The van der Waals surface area contributed by atoms with E-state index >= 15 is 0 Å². The molecule has 2 aromatic rings. The van der Waals surface area contributed by atoms with Crippen LogP contribution in [0, 0.1) is 12.8 Å². The molecule has 0 aliphatic rings. The number of hydrogen-bond acceptors (Lipinski definition) is 6. The van der Waals surface area contributed by atoms with E-state index in [1.807, 2.05) is 20.8 Å². The molecule has 0 bridgehead atoms. The quantitative estimate of drug-likeness (QED) is 0.509. The molecule has 0 aliphatic heterocycles. The Balaban J connectivity index is 2.42. The molecule has 0 radical (unpaired) electrons. The largest absolute Gasteiger partial charge is 0.493 e. The van der Waals surface area contributed by atoms with Crippen molar-refractivity contribution in [3.05, 3.63) is 53.6 Å². The minimum Gasteiger partial charge on any atom is -0.493 e. The summed E-state index contributed by atoms with van der Waals surface area (Å²) in [7, 11) is -6.08. The molecule has 0 amide bonds. The molecule has 0 saturated carbocycles. The Kier molecular flexibility index (Phi) is 7.90. The highest BCUT2D eigenvalue weighted by Gasteiger charge is 2.26. The first kappa shape index (κ1) is 24.2. The highest BCUT2D eigenvalue weighted by molar-refractivity contribution is 7.89. The van der Waals surface area contributed by atoms with Gasteiger partial charge in [-0.05, 0) is 49.6 Å². The lowest BCUT2D eigenvalue weighted by molar-refractivity contribution is 0.360. The topological polar surface area (TPSA) is 90.0 Å². The van der Waals surface area contributed by atoms with Crippen molar-refractivity contribution in [1.29, 1.82) is 0 Å². The van der Waals surface area contributed by atoms with Crippen molar-refractivity contribution in [1.82, 2.24) is 4.31 Å². The van der Waals surface area contributed by atoms with Crippen molar-refractivity contribution in [3.8, 4) is 11.5 Å². The van der Waals surface area contributed by atoms with Crippen LogP contribution in [0.4, 0.5) is 0 Å². The predicted molar refractivity (Wildman–Crippen MR) is 117 cm³/mol. The molecule has 0 fully saturated rings. The number of rotatable bonds is 10. The number of aryl methyl sites for hydroxylation is 1. The van der Waals surface area contributed by atoms with E-state index in [2.05, 4.69) is 0 Å². The normalized spacial score (nSPS) is 12.4. The van der Waals surface area contributed by atoms with Gasteiger partial charge in [0, 0.05) is 13.1 Å². The average Bonchev–Trinajstić information content (AvgIpc) is 2.67. The van der Waals surface area contributed by atoms with Crippen molar-refractivity contribution < 1.29 is 25.8 Å². The number of nitrogens with zero attached hydrogens (tertiary/aromatic N) is 1. The number of hydrogen-bond donors (Lipinski definition) is 0. The zero-order valence-electron chi connectivity index (χ0n) is 18.0. The van der Waals surface area contributed by atoms with Crippen LogP contribution >= 0.6 is 0 Å². The van der Waals surface area contributed by atoms with Crippen LogP contribution < -0.4 is 8.92 Å². The summed E-state index contributed by atoms with van der Waals surface area (Å²) in [5, 5.41) is 0. The molecule has 0 N–H and O–H groups in total. The molecule has 7 nitrogen and oxygen atoms in total. The summed E-state index contributed by atoms with van der Waals surface area (Å²) in [5.74, 6) is 0.197. The van der Waals surface area contributed by atoms with E-state index in [-0.39, 0.29) is 34.6 Å². The summed E-state index contributed by atoms with van der Waals surface area (Å²) in [6, 6.07) is 11.5. The first-order valence-corrected chi connectivity index (χ1v) is 12.7. The van der Waals surface area contributed by atoms with Crippen molar-refractivity contribution in [2.45, 2.75) is 39.1 Å². The lowest BCUT2D eigenvalue weighted by Crippen LogP contribution is -2.33. The van der Waals surface area contributed by atoms with Crippen LogP contribution in [0.2, 0.25) is 0 Å². The second-order valence-electron chi connectivity index (χ2n) is 7.42. The van der Waals surface area contributed by atoms with E-state index < -0.39 is 20.1 Å². The predicted octanol–water partition coefficient (Wildman–Crippen LogP) is 3.58. The summed E-state index contributed by atoms with van der Waals surface area (Å²) in [6.07, 6.45) is 0. The number of ether oxygens (including phenoxy) is 1. The van der Waals surface area contributed by atoms with Crippen LogP contribution in [-0.2, 0) is 26.7 Å². The number of benzene rings is 2. The lowest BCUT2D eigenvalue weighted by atomic mass is 10.2. The summed E-state index contributed by atoms with van der Waals surface area (Å²) in [6.45, 7) is 7.63. The molecular formula is C21H29NO6S2. The zero-order valence-corrected chi connectivity index (χ0v) is 19.6. The molecule has 0 heterocycles. The average molecular weight is 456 g/mol. The maximum absolute atomic E-state index is 13.2. The second kappa shape index (κ2) is 9.80. The Morgan fingerprint density at radius 3 is 2.13 bits per heavy atom. The van der Waals surface area contributed by atoms with E-state index in [1.54, 1.807) is 36.4 Å². The number of sulfonamides is 1. The highest BCUT2D eigenvalue weighted by Crippen LogP contribution is 2.31. The van der Waals surface area contributed by atoms with Gasteiger partial charge in [0.15, 0.2) is 11.5 Å². The molecule has 2 aromatic carbocycles. The van der Waals surface area contributed by atoms with Crippen LogP contribution in [0.1, 0.15) is 31.9 Å². The molecule has 0 saturated heterocycles. The van der Waals surface area contributed by atoms with E-state index in [9.17, 15) is 16.8 Å². The monoisotopic (exact) mass is 455 g/mol. The van der Waals surface area contributed by atoms with Crippen LogP contribution in [0.3, 0.4) is 0 Å². The third-order valence-electron chi connectivity index (χ3n) is 4.38. The van der Waals surface area contributed by atoms with Gasteiger partial charge in [-0.1, -0.05) is 37.6 Å². The lowest BCUT2D eigenvalue weighted by Gasteiger charge is -2.24. The molecule has 2 rings (SSSR count). The Hall–Kier alpha value is -2.10. The van der Waals surface area contributed by atoms with Crippen molar-refractivity contribution in [3.63, 3.8) is 0 Å². The summed E-state index contributed by atoms with van der Waals surface area (Å²) in [4.78, 5) is 0.215. The van der Waals surface area contributed by atoms with Gasteiger partial charge in [-0.25, -0.2) is 8.42 Å². The van der Waals surface area contributed by atoms with Crippen molar-refractivity contribution >= 4 is 20.1 Å². The van der Waals surface area contributed by atoms with Gasteiger partial charge in [-0.2, -0.15) is 12.7 Å². The fourth-order valence-electron chi connectivity index (χ4n) is 2.80. The van der Waals surface area contributed by atoms with Gasteiger partial charge < -0.3 is 8.92 Å². The van der Waals surface area contributed by atoms with Gasteiger partial charge in [0.1, 0.15) is 0 Å². The van der Waals surface area contributed by atoms with Gasteiger partial charge >= 0.3 is 10.1 Å². The zero-order chi connectivity index (χ0) is 22.5. The first-order chi connectivity index (χ1) is 14.0. The van der Waals surface area contributed by atoms with Gasteiger partial charge in [-0.3, -0.25) is 0 Å². The van der Waals surface area contributed by atoms with Gasteiger partial charge in [0.05, 0.1) is 17.8 Å². The maximum atomic E-state index is 13.2.